The molecule has 1 aromatic carbocycles. The minimum Gasteiger partial charge on any atom is -0.398 e. The van der Waals surface area contributed by atoms with E-state index < -0.39 is 0 Å². The zero-order valence-corrected chi connectivity index (χ0v) is 10.8. The number of ketones is 1. The van der Waals surface area contributed by atoms with Crippen LogP contribution in [0, 0.1) is 0 Å². The van der Waals surface area contributed by atoms with Gasteiger partial charge >= 0.3 is 0 Å². The zero-order valence-electron chi connectivity index (χ0n) is 9.22. The number of aryl methyl sites for hydroxylation is 1. The number of nitrogen functional groups attached to an aromatic ring is 1. The van der Waals surface area contributed by atoms with Crippen LogP contribution in [0.15, 0.2) is 29.0 Å². The van der Waals surface area contributed by atoms with Gasteiger partial charge in [-0.3, -0.25) is 9.48 Å². The van der Waals surface area contributed by atoms with Crippen LogP contribution in [0.1, 0.15) is 16.2 Å². The van der Waals surface area contributed by atoms with Gasteiger partial charge in [-0.2, -0.15) is 5.10 Å². The molecule has 2 N–H and O–H groups in total. The van der Waals surface area contributed by atoms with Crippen molar-refractivity contribution < 1.29 is 4.79 Å². The SMILES string of the molecule is Cn1ncnc1CC(=O)c1ccc(N)c(Br)c1. The van der Waals surface area contributed by atoms with Crippen molar-refractivity contribution in [1.29, 1.82) is 0 Å². The van der Waals surface area contributed by atoms with E-state index in [2.05, 4.69) is 26.0 Å². The molecule has 0 fully saturated rings. The molecule has 0 aliphatic rings. The number of carbonyl (C=O) groups excluding carboxylic acids is 1. The van der Waals surface area contributed by atoms with Crippen LogP contribution < -0.4 is 5.73 Å². The molecule has 2 rings (SSSR count). The van der Waals surface area contributed by atoms with Crippen LogP contribution in [0.4, 0.5) is 5.69 Å². The summed E-state index contributed by atoms with van der Waals surface area (Å²) in [5, 5.41) is 3.92. The molecule has 1 aromatic heterocycles. The summed E-state index contributed by atoms with van der Waals surface area (Å²) in [6.07, 6.45) is 1.66. The molecule has 88 valence electrons. The summed E-state index contributed by atoms with van der Waals surface area (Å²) in [7, 11) is 1.76. The summed E-state index contributed by atoms with van der Waals surface area (Å²) in [4.78, 5) is 16.0. The van der Waals surface area contributed by atoms with Crippen molar-refractivity contribution in [2.45, 2.75) is 6.42 Å². The number of rotatable bonds is 3. The number of benzene rings is 1. The van der Waals surface area contributed by atoms with Crippen molar-refractivity contribution >= 4 is 27.4 Å². The van der Waals surface area contributed by atoms with Crippen LogP contribution >= 0.6 is 15.9 Å². The second-order valence-corrected chi connectivity index (χ2v) is 4.49. The molecule has 6 heteroatoms. The van der Waals surface area contributed by atoms with Crippen molar-refractivity contribution in [3.63, 3.8) is 0 Å². The monoisotopic (exact) mass is 294 g/mol. The molecular formula is C11H11BrN4O. The van der Waals surface area contributed by atoms with Gasteiger partial charge in [-0.05, 0) is 34.1 Å². The molecule has 5 nitrogen and oxygen atoms in total. The minimum atomic E-state index is -0.0122. The highest BCUT2D eigenvalue weighted by Gasteiger charge is 2.11. The van der Waals surface area contributed by atoms with E-state index in [1.807, 2.05) is 0 Å². The highest BCUT2D eigenvalue weighted by molar-refractivity contribution is 9.10. The van der Waals surface area contributed by atoms with Gasteiger partial charge in [-0.25, -0.2) is 4.98 Å². The van der Waals surface area contributed by atoms with Crippen molar-refractivity contribution in [2.75, 3.05) is 5.73 Å². The highest BCUT2D eigenvalue weighted by Crippen LogP contribution is 2.21. The molecule has 17 heavy (non-hydrogen) atoms. The highest BCUT2D eigenvalue weighted by atomic mass is 79.9. The summed E-state index contributed by atoms with van der Waals surface area (Å²) in [6.45, 7) is 0. The summed E-state index contributed by atoms with van der Waals surface area (Å²) >= 11 is 3.30. The fraction of sp³-hybridized carbons (Fsp3) is 0.182. The number of aromatic nitrogens is 3. The first-order chi connectivity index (χ1) is 8.08. The van der Waals surface area contributed by atoms with Crippen molar-refractivity contribution in [3.8, 4) is 0 Å². The van der Waals surface area contributed by atoms with Gasteiger partial charge < -0.3 is 5.73 Å². The fourth-order valence-corrected chi connectivity index (χ4v) is 1.81. The zero-order chi connectivity index (χ0) is 12.4. The van der Waals surface area contributed by atoms with E-state index >= 15 is 0 Å². The quantitative estimate of drug-likeness (QED) is 0.689. The Bertz CT molecular complexity index is 564. The number of nitrogens with two attached hydrogens (primary N) is 1. The summed E-state index contributed by atoms with van der Waals surface area (Å²) in [6, 6.07) is 5.13. The van der Waals surface area contributed by atoms with Gasteiger partial charge in [0.1, 0.15) is 12.2 Å². The summed E-state index contributed by atoms with van der Waals surface area (Å²) < 4.78 is 2.31. The predicted molar refractivity (Wildman–Crippen MR) is 67.6 cm³/mol. The van der Waals surface area contributed by atoms with E-state index in [0.717, 1.165) is 4.47 Å². The smallest absolute Gasteiger partial charge is 0.170 e. The number of nitrogens with zero attached hydrogens (tertiary/aromatic N) is 3. The largest absolute Gasteiger partial charge is 0.398 e. The van der Waals surface area contributed by atoms with E-state index in [1.165, 1.54) is 6.33 Å². The molecule has 0 aliphatic carbocycles. The van der Waals surface area contributed by atoms with E-state index in [1.54, 1.807) is 29.9 Å². The molecule has 0 amide bonds. The topological polar surface area (TPSA) is 73.8 Å². The first-order valence-electron chi connectivity index (χ1n) is 4.99. The Morgan fingerprint density at radius 3 is 2.88 bits per heavy atom. The molecule has 0 radical (unpaired) electrons. The normalized spacial score (nSPS) is 10.5. The number of hydrogen-bond donors (Lipinski definition) is 1. The fourth-order valence-electron chi connectivity index (χ4n) is 1.43. The van der Waals surface area contributed by atoms with Crippen molar-refractivity contribution in [1.82, 2.24) is 14.8 Å². The van der Waals surface area contributed by atoms with Crippen LogP contribution in [0.3, 0.4) is 0 Å². The molecular weight excluding hydrogens is 284 g/mol. The first-order valence-corrected chi connectivity index (χ1v) is 5.78. The maximum absolute atomic E-state index is 12.0. The van der Waals surface area contributed by atoms with Crippen LogP contribution in [0.2, 0.25) is 0 Å². The van der Waals surface area contributed by atoms with Gasteiger partial charge in [0, 0.05) is 22.8 Å². The molecule has 2 aromatic rings. The Hall–Kier alpha value is -1.69. The van der Waals surface area contributed by atoms with E-state index in [4.69, 9.17) is 5.73 Å². The Kier molecular flexibility index (Phi) is 3.23. The average molecular weight is 295 g/mol. The molecule has 0 spiro atoms. The maximum atomic E-state index is 12.0. The second kappa shape index (κ2) is 4.67. The Balaban J connectivity index is 2.20. The molecule has 0 saturated heterocycles. The number of Topliss-reactive ketones (excluding diaryl/α,β-unsaturated/α-hetero) is 1. The lowest BCUT2D eigenvalue weighted by molar-refractivity contribution is 0.0989. The van der Waals surface area contributed by atoms with Crippen molar-refractivity contribution in [3.05, 3.63) is 40.4 Å². The molecule has 0 atom stereocenters. The lowest BCUT2D eigenvalue weighted by atomic mass is 10.1. The maximum Gasteiger partial charge on any atom is 0.170 e. The lowest BCUT2D eigenvalue weighted by Crippen LogP contribution is -2.09. The van der Waals surface area contributed by atoms with Gasteiger partial charge in [-0.15, -0.1) is 0 Å². The molecule has 0 unspecified atom stereocenters. The second-order valence-electron chi connectivity index (χ2n) is 3.64. The number of halogens is 1. The summed E-state index contributed by atoms with van der Waals surface area (Å²) in [5.74, 6) is 0.629. The Morgan fingerprint density at radius 1 is 1.53 bits per heavy atom. The number of hydrogen-bond acceptors (Lipinski definition) is 4. The van der Waals surface area contributed by atoms with E-state index in [9.17, 15) is 4.79 Å². The Morgan fingerprint density at radius 2 is 2.29 bits per heavy atom. The Labute approximate surface area is 107 Å². The third-order valence-corrected chi connectivity index (χ3v) is 3.13. The van der Waals surface area contributed by atoms with E-state index in [-0.39, 0.29) is 12.2 Å². The van der Waals surface area contributed by atoms with Crippen LogP contribution in [-0.4, -0.2) is 20.5 Å². The van der Waals surface area contributed by atoms with Gasteiger partial charge in [0.2, 0.25) is 0 Å². The standard InChI is InChI=1S/C11H11BrN4O/c1-16-11(14-6-15-16)5-10(17)7-2-3-9(13)8(12)4-7/h2-4,6H,5,13H2,1H3. The van der Waals surface area contributed by atoms with Gasteiger partial charge in [0.25, 0.3) is 0 Å². The van der Waals surface area contributed by atoms with Gasteiger partial charge in [0.15, 0.2) is 5.78 Å². The molecule has 1 heterocycles. The minimum absolute atomic E-state index is 0.0122. The third kappa shape index (κ3) is 2.52. The van der Waals surface area contributed by atoms with Crippen molar-refractivity contribution in [2.24, 2.45) is 7.05 Å². The summed E-state index contributed by atoms with van der Waals surface area (Å²) in [5.41, 5.74) is 6.88. The lowest BCUT2D eigenvalue weighted by Gasteiger charge is -2.03. The predicted octanol–water partition coefficient (Wildman–Crippen LogP) is 1.59. The third-order valence-electron chi connectivity index (χ3n) is 2.45. The first kappa shape index (κ1) is 11.8. The molecule has 0 bridgehead atoms. The van der Waals surface area contributed by atoms with Crippen LogP contribution in [0.25, 0.3) is 0 Å². The molecule has 0 aliphatic heterocycles. The van der Waals surface area contributed by atoms with Gasteiger partial charge in [0.05, 0.1) is 6.42 Å². The van der Waals surface area contributed by atoms with Gasteiger partial charge in [-0.1, -0.05) is 0 Å². The van der Waals surface area contributed by atoms with Crippen LogP contribution in [-0.2, 0) is 13.5 Å². The number of anilines is 1. The average Bonchev–Trinajstić information content (AvgIpc) is 2.68. The molecule has 0 saturated carbocycles. The van der Waals surface area contributed by atoms with Crippen LogP contribution in [0.5, 0.6) is 0 Å². The number of carbonyl (C=O) groups is 1. The van der Waals surface area contributed by atoms with E-state index in [0.29, 0.717) is 17.1 Å².